The second-order valence-corrected chi connectivity index (χ2v) is 2.67. The summed E-state index contributed by atoms with van der Waals surface area (Å²) in [5, 5.41) is 0. The molecule has 0 aromatic heterocycles. The van der Waals surface area contributed by atoms with Crippen molar-refractivity contribution in [3.05, 3.63) is 0 Å². The predicted octanol–water partition coefficient (Wildman–Crippen LogP) is -2.17. The Kier molecular flexibility index (Phi) is 4.89. The minimum Gasteiger partial charge on any atom is 0 e. The maximum Gasteiger partial charge on any atom is 0 e. The van der Waals surface area contributed by atoms with Gasteiger partial charge in [-0.05, 0) is 0 Å². The van der Waals surface area contributed by atoms with Gasteiger partial charge in [0.2, 0.25) is 0 Å². The van der Waals surface area contributed by atoms with Crippen LogP contribution in [0.3, 0.4) is 0 Å². The molecular formula is H3AsO4Zn. The molecule has 0 saturated heterocycles. The molecule has 0 bridgehead atoms. The molecule has 4 nitrogen and oxygen atoms in total. The van der Waals surface area contributed by atoms with Crippen molar-refractivity contribution in [3.63, 3.8) is 0 Å². The molecule has 6 heavy (non-hydrogen) atoms. The summed E-state index contributed by atoms with van der Waals surface area (Å²) in [5.41, 5.74) is 0. The van der Waals surface area contributed by atoms with E-state index in [-0.39, 0.29) is 19.5 Å². The fourth-order valence-corrected chi connectivity index (χ4v) is 0. The van der Waals surface area contributed by atoms with E-state index in [9.17, 15) is 0 Å². The van der Waals surface area contributed by atoms with Crippen LogP contribution in [0, 0.1) is 0 Å². The third-order valence-corrected chi connectivity index (χ3v) is 0. The molecule has 0 amide bonds. The summed E-state index contributed by atoms with van der Waals surface area (Å²) in [6.07, 6.45) is 0. The molecule has 0 unspecified atom stereocenters. The summed E-state index contributed by atoms with van der Waals surface area (Å²) in [5.74, 6) is 0. The standard InChI is InChI=1S/AsH3O4.Zn/c2-1(3,4)5;/h(H3,2,3,4,5);. The third-order valence-electron chi connectivity index (χ3n) is 0. The Hall–Kier alpha value is 0.862. The Morgan fingerprint density at radius 2 is 1.17 bits per heavy atom. The molecule has 0 radical (unpaired) electrons. The van der Waals surface area contributed by atoms with E-state index in [0.29, 0.717) is 0 Å². The molecule has 0 aromatic carbocycles. The van der Waals surface area contributed by atoms with Gasteiger partial charge in [0.25, 0.3) is 0 Å². The Morgan fingerprint density at radius 1 is 1.17 bits per heavy atom. The first-order valence-electron chi connectivity index (χ1n) is 0.783. The molecule has 34 valence electrons. The Labute approximate surface area is 50.3 Å². The summed E-state index contributed by atoms with van der Waals surface area (Å²) < 4.78 is 30.7. The van der Waals surface area contributed by atoms with Gasteiger partial charge in [-0.3, -0.25) is 0 Å². The van der Waals surface area contributed by atoms with Crippen LogP contribution >= 0.6 is 0 Å². The maximum absolute atomic E-state index is 8.94. The van der Waals surface area contributed by atoms with E-state index in [1.165, 1.54) is 0 Å². The van der Waals surface area contributed by atoms with E-state index in [2.05, 4.69) is 0 Å². The van der Waals surface area contributed by atoms with Crippen molar-refractivity contribution in [1.29, 1.82) is 0 Å². The van der Waals surface area contributed by atoms with E-state index in [1.54, 1.807) is 0 Å². The Morgan fingerprint density at radius 3 is 1.17 bits per heavy atom. The molecular weight excluding hydrogens is 204 g/mol. The summed E-state index contributed by atoms with van der Waals surface area (Å²) in [6, 6.07) is 0. The van der Waals surface area contributed by atoms with Crippen molar-refractivity contribution in [1.82, 2.24) is 0 Å². The predicted molar refractivity (Wildman–Crippen MR) is 13.1 cm³/mol. The van der Waals surface area contributed by atoms with Crippen molar-refractivity contribution < 1.29 is 35.5 Å². The van der Waals surface area contributed by atoms with Gasteiger partial charge < -0.3 is 0 Å². The molecule has 0 atom stereocenters. The van der Waals surface area contributed by atoms with Crippen molar-refractivity contribution in [2.75, 3.05) is 0 Å². The van der Waals surface area contributed by atoms with E-state index in [1.807, 2.05) is 0 Å². The monoisotopic (exact) mass is 206 g/mol. The first-order valence-corrected chi connectivity index (χ1v) is 4.07. The van der Waals surface area contributed by atoms with Crippen LogP contribution in [-0.2, 0) is 23.2 Å². The molecule has 0 aliphatic carbocycles. The van der Waals surface area contributed by atoms with Crippen LogP contribution in [0.2, 0.25) is 0 Å². The second kappa shape index (κ2) is 2.94. The third kappa shape index (κ3) is 97.6. The fourth-order valence-electron chi connectivity index (χ4n) is 0. The molecule has 0 aliphatic heterocycles. The van der Waals surface area contributed by atoms with Crippen LogP contribution in [0.4, 0.5) is 0 Å². The van der Waals surface area contributed by atoms with Gasteiger partial charge in [-0.2, -0.15) is 0 Å². The van der Waals surface area contributed by atoms with Gasteiger partial charge in [0.15, 0.2) is 0 Å². The molecule has 6 heteroatoms. The van der Waals surface area contributed by atoms with Gasteiger partial charge in [0.1, 0.15) is 0 Å². The Bertz CT molecular complexity index is 53.7. The van der Waals surface area contributed by atoms with Crippen LogP contribution in [0.5, 0.6) is 0 Å². The smallest absolute Gasteiger partial charge is 0 e. The zero-order valence-electron chi connectivity index (χ0n) is 2.90. The van der Waals surface area contributed by atoms with Gasteiger partial charge in [-0.1, -0.05) is 0 Å². The minimum atomic E-state index is -5.12. The normalized spacial score (nSPS) is 9.83. The topological polar surface area (TPSA) is 77.8 Å². The van der Waals surface area contributed by atoms with Crippen molar-refractivity contribution in [3.8, 4) is 0 Å². The average molecular weight is 207 g/mol. The number of rotatable bonds is 0. The fraction of sp³-hybridized carbons (Fsp3) is 0. The van der Waals surface area contributed by atoms with Crippen LogP contribution in [0.25, 0.3) is 0 Å². The Balaban J connectivity index is 0. The summed E-state index contributed by atoms with van der Waals surface area (Å²) in [4.78, 5) is 0. The van der Waals surface area contributed by atoms with Gasteiger partial charge in [0, 0.05) is 19.5 Å². The molecule has 0 fully saturated rings. The molecule has 0 rings (SSSR count). The largest absolute Gasteiger partial charge is 0 e. The van der Waals surface area contributed by atoms with Gasteiger partial charge in [-0.25, -0.2) is 0 Å². The second-order valence-electron chi connectivity index (χ2n) is 0.513. The van der Waals surface area contributed by atoms with Crippen LogP contribution in [0.1, 0.15) is 0 Å². The molecule has 0 aromatic rings. The van der Waals surface area contributed by atoms with Crippen LogP contribution in [0.15, 0.2) is 0 Å². The molecule has 0 spiro atoms. The van der Waals surface area contributed by atoms with Crippen LogP contribution < -0.4 is 0 Å². The van der Waals surface area contributed by atoms with Crippen LogP contribution in [-0.4, -0.2) is 26.8 Å². The molecule has 3 N–H and O–H groups in total. The van der Waals surface area contributed by atoms with Gasteiger partial charge in [0.05, 0.1) is 0 Å². The van der Waals surface area contributed by atoms with Crippen molar-refractivity contribution in [2.24, 2.45) is 0 Å². The zero-order chi connectivity index (χ0) is 4.50. The number of hydrogen-bond donors (Lipinski definition) is 3. The van der Waals surface area contributed by atoms with Crippen molar-refractivity contribution in [2.45, 2.75) is 0 Å². The first kappa shape index (κ1) is 9.97. The molecule has 0 saturated carbocycles. The summed E-state index contributed by atoms with van der Waals surface area (Å²) in [6.45, 7) is 0. The van der Waals surface area contributed by atoms with Gasteiger partial charge >= 0.3 is 30.5 Å². The van der Waals surface area contributed by atoms with E-state index >= 15 is 0 Å². The number of hydrogen-bond acceptors (Lipinski definition) is 1. The van der Waals surface area contributed by atoms with E-state index in [4.69, 9.17) is 16.0 Å². The van der Waals surface area contributed by atoms with Crippen molar-refractivity contribution >= 4 is 14.5 Å². The summed E-state index contributed by atoms with van der Waals surface area (Å²) >= 11 is -5.12. The maximum atomic E-state index is 8.94. The SMILES string of the molecule is O=[As](O)(O)O.[Zn]. The molecule has 0 heterocycles. The van der Waals surface area contributed by atoms with E-state index in [0.717, 1.165) is 0 Å². The average Bonchev–Trinajstić information content (AvgIpc) is 0.722. The minimum absolute atomic E-state index is 0. The zero-order valence-corrected chi connectivity index (χ0v) is 7.75. The summed E-state index contributed by atoms with van der Waals surface area (Å²) in [7, 11) is 0. The first-order chi connectivity index (χ1) is 2.00. The molecule has 0 aliphatic rings. The van der Waals surface area contributed by atoms with E-state index < -0.39 is 14.5 Å². The quantitative estimate of drug-likeness (QED) is 0.395. The van der Waals surface area contributed by atoms with Gasteiger partial charge in [-0.15, -0.1) is 0 Å².